The molecule has 2 aliphatic rings. The van der Waals surface area contributed by atoms with Crippen molar-refractivity contribution in [1.82, 2.24) is 24.8 Å². The number of nitrogens with zero attached hydrogens (tertiary/aromatic N) is 5. The fourth-order valence-corrected chi connectivity index (χ4v) is 4.69. The average molecular weight is 369 g/mol. The Labute approximate surface area is 158 Å². The van der Waals surface area contributed by atoms with E-state index in [1.165, 1.54) is 24.3 Å². The third kappa shape index (κ3) is 3.88. The second-order valence-corrected chi connectivity index (χ2v) is 7.93. The van der Waals surface area contributed by atoms with Gasteiger partial charge in [-0.3, -0.25) is 14.7 Å². The monoisotopic (exact) mass is 369 g/mol. The van der Waals surface area contributed by atoms with Crippen molar-refractivity contribution in [2.75, 3.05) is 37.7 Å². The van der Waals surface area contributed by atoms with Gasteiger partial charge in [0.05, 0.1) is 5.56 Å². The summed E-state index contributed by atoms with van der Waals surface area (Å²) < 4.78 is 0. The van der Waals surface area contributed by atoms with Crippen molar-refractivity contribution < 1.29 is 4.79 Å². The van der Waals surface area contributed by atoms with Crippen LogP contribution in [0.3, 0.4) is 0 Å². The van der Waals surface area contributed by atoms with Gasteiger partial charge in [0.1, 0.15) is 0 Å². The lowest BCUT2D eigenvalue weighted by atomic mass is 10.1. The van der Waals surface area contributed by atoms with Gasteiger partial charge in [-0.1, -0.05) is 0 Å². The first-order valence-electron chi connectivity index (χ1n) is 9.15. The lowest BCUT2D eigenvalue weighted by Crippen LogP contribution is -2.52. The first-order chi connectivity index (χ1) is 12.8. The molecule has 6 nitrogen and oxygen atoms in total. The Morgan fingerprint density at radius 2 is 1.65 bits per heavy atom. The minimum absolute atomic E-state index is 0.0325. The highest BCUT2D eigenvalue weighted by atomic mass is 32.2. The third-order valence-electron chi connectivity index (χ3n) is 5.15. The number of rotatable bonds is 3. The van der Waals surface area contributed by atoms with Crippen LogP contribution in [0.2, 0.25) is 0 Å². The molecule has 0 saturated carbocycles. The van der Waals surface area contributed by atoms with Crippen LogP contribution in [0, 0.1) is 0 Å². The number of carbonyl (C=O) groups is 1. The average Bonchev–Trinajstić information content (AvgIpc) is 2.75. The highest BCUT2D eigenvalue weighted by Crippen LogP contribution is 2.23. The molecule has 0 radical (unpaired) electrons. The van der Waals surface area contributed by atoms with E-state index in [1.807, 2.05) is 17.0 Å². The Hall–Kier alpha value is -1.99. The molecule has 2 aromatic heterocycles. The fourth-order valence-electron chi connectivity index (χ4n) is 3.61. The van der Waals surface area contributed by atoms with Crippen molar-refractivity contribution >= 4 is 17.7 Å². The number of amides is 1. The zero-order valence-corrected chi connectivity index (χ0v) is 15.6. The van der Waals surface area contributed by atoms with Crippen molar-refractivity contribution in [2.45, 2.75) is 18.9 Å². The number of aromatic nitrogens is 3. The molecular weight excluding hydrogens is 346 g/mol. The summed E-state index contributed by atoms with van der Waals surface area (Å²) in [7, 11) is 0. The molecule has 2 aromatic rings. The standard InChI is InChI=1S/C19H23N5OS/c25-19(16-13-21-18(22-14-16)15-1-5-20-6-2-15)24-9-7-23(8-10-24)17-3-11-26-12-4-17/h1-2,5-6,13-14,17H,3-4,7-12H2. The highest BCUT2D eigenvalue weighted by Gasteiger charge is 2.27. The van der Waals surface area contributed by atoms with E-state index in [2.05, 4.69) is 31.6 Å². The van der Waals surface area contributed by atoms with Crippen molar-refractivity contribution in [3.05, 3.63) is 42.5 Å². The zero-order chi connectivity index (χ0) is 17.8. The molecule has 7 heteroatoms. The van der Waals surface area contributed by atoms with E-state index < -0.39 is 0 Å². The second-order valence-electron chi connectivity index (χ2n) is 6.70. The number of hydrogen-bond acceptors (Lipinski definition) is 6. The molecule has 0 bridgehead atoms. The third-order valence-corrected chi connectivity index (χ3v) is 6.19. The molecule has 0 aromatic carbocycles. The van der Waals surface area contributed by atoms with E-state index in [1.54, 1.807) is 24.8 Å². The maximum Gasteiger partial charge on any atom is 0.257 e. The van der Waals surface area contributed by atoms with Crippen LogP contribution in [-0.2, 0) is 0 Å². The van der Waals surface area contributed by atoms with Crippen LogP contribution in [-0.4, -0.2) is 74.4 Å². The van der Waals surface area contributed by atoms with Gasteiger partial charge in [0.15, 0.2) is 5.82 Å². The first kappa shape index (κ1) is 17.4. The molecule has 0 unspecified atom stereocenters. The highest BCUT2D eigenvalue weighted by molar-refractivity contribution is 7.99. The molecule has 0 aliphatic carbocycles. The van der Waals surface area contributed by atoms with E-state index >= 15 is 0 Å². The largest absolute Gasteiger partial charge is 0.336 e. The zero-order valence-electron chi connectivity index (χ0n) is 14.8. The second kappa shape index (κ2) is 8.14. The van der Waals surface area contributed by atoms with Crippen molar-refractivity contribution in [3.63, 3.8) is 0 Å². The summed E-state index contributed by atoms with van der Waals surface area (Å²) in [5.74, 6) is 3.18. The van der Waals surface area contributed by atoms with E-state index in [0.29, 0.717) is 17.4 Å². The van der Waals surface area contributed by atoms with E-state index in [4.69, 9.17) is 0 Å². The van der Waals surface area contributed by atoms with Crippen molar-refractivity contribution in [1.29, 1.82) is 0 Å². The topological polar surface area (TPSA) is 62.2 Å². The van der Waals surface area contributed by atoms with Gasteiger partial charge in [-0.05, 0) is 36.5 Å². The fraction of sp³-hybridized carbons (Fsp3) is 0.474. The predicted octanol–water partition coefficient (Wildman–Crippen LogP) is 2.19. The van der Waals surface area contributed by atoms with Crippen LogP contribution in [0.5, 0.6) is 0 Å². The van der Waals surface area contributed by atoms with Crippen LogP contribution in [0.15, 0.2) is 36.9 Å². The van der Waals surface area contributed by atoms with Gasteiger partial charge in [-0.25, -0.2) is 9.97 Å². The molecule has 26 heavy (non-hydrogen) atoms. The number of hydrogen-bond donors (Lipinski definition) is 0. The minimum atomic E-state index is 0.0325. The quantitative estimate of drug-likeness (QED) is 0.826. The molecule has 2 fully saturated rings. The summed E-state index contributed by atoms with van der Waals surface area (Å²) in [5.41, 5.74) is 1.46. The molecule has 136 valence electrons. The molecule has 0 spiro atoms. The minimum Gasteiger partial charge on any atom is -0.336 e. The van der Waals surface area contributed by atoms with Gasteiger partial charge in [-0.15, -0.1) is 0 Å². The van der Waals surface area contributed by atoms with E-state index in [0.717, 1.165) is 31.7 Å². The van der Waals surface area contributed by atoms with Gasteiger partial charge in [-0.2, -0.15) is 11.8 Å². The lowest BCUT2D eigenvalue weighted by Gasteiger charge is -2.40. The van der Waals surface area contributed by atoms with Crippen molar-refractivity contribution in [3.8, 4) is 11.4 Å². The smallest absolute Gasteiger partial charge is 0.257 e. The molecule has 4 rings (SSSR count). The Balaban J connectivity index is 1.36. The predicted molar refractivity (Wildman–Crippen MR) is 103 cm³/mol. The molecule has 2 aliphatic heterocycles. The van der Waals surface area contributed by atoms with Gasteiger partial charge in [0.2, 0.25) is 0 Å². The van der Waals surface area contributed by atoms with Crippen molar-refractivity contribution in [2.24, 2.45) is 0 Å². The Morgan fingerprint density at radius 1 is 1.00 bits per heavy atom. The first-order valence-corrected chi connectivity index (χ1v) is 10.3. The number of thioether (sulfide) groups is 1. The summed E-state index contributed by atoms with van der Waals surface area (Å²) in [6, 6.07) is 4.43. The summed E-state index contributed by atoms with van der Waals surface area (Å²) in [5, 5.41) is 0. The van der Waals surface area contributed by atoms with Crippen LogP contribution >= 0.6 is 11.8 Å². The van der Waals surface area contributed by atoms with Crippen LogP contribution in [0.4, 0.5) is 0 Å². The Kier molecular flexibility index (Phi) is 5.45. The SMILES string of the molecule is O=C(c1cnc(-c2ccncc2)nc1)N1CCN(C2CCSCC2)CC1. The lowest BCUT2D eigenvalue weighted by molar-refractivity contribution is 0.0558. The van der Waals surface area contributed by atoms with Gasteiger partial charge in [0.25, 0.3) is 5.91 Å². The molecule has 2 saturated heterocycles. The molecular formula is C19H23N5OS. The maximum absolute atomic E-state index is 12.7. The molecule has 0 atom stereocenters. The van der Waals surface area contributed by atoms with Crippen LogP contribution in [0.25, 0.3) is 11.4 Å². The number of pyridine rings is 1. The molecule has 0 N–H and O–H groups in total. The number of carbonyl (C=O) groups excluding carboxylic acids is 1. The normalized spacial score (nSPS) is 19.5. The maximum atomic E-state index is 12.7. The molecule has 4 heterocycles. The summed E-state index contributed by atoms with van der Waals surface area (Å²) in [6.07, 6.45) is 9.25. The summed E-state index contributed by atoms with van der Waals surface area (Å²) in [4.78, 5) is 29.9. The van der Waals surface area contributed by atoms with Crippen LogP contribution in [0.1, 0.15) is 23.2 Å². The Morgan fingerprint density at radius 3 is 2.31 bits per heavy atom. The van der Waals surface area contributed by atoms with Gasteiger partial charge >= 0.3 is 0 Å². The van der Waals surface area contributed by atoms with E-state index in [-0.39, 0.29) is 5.91 Å². The Bertz CT molecular complexity index is 725. The van der Waals surface area contributed by atoms with E-state index in [9.17, 15) is 4.79 Å². The molecule has 1 amide bonds. The number of piperazine rings is 1. The van der Waals surface area contributed by atoms with Gasteiger partial charge in [0, 0.05) is 62.6 Å². The summed E-state index contributed by atoms with van der Waals surface area (Å²) in [6.45, 7) is 3.51. The van der Waals surface area contributed by atoms with Crippen LogP contribution < -0.4 is 0 Å². The summed E-state index contributed by atoms with van der Waals surface area (Å²) >= 11 is 2.06. The van der Waals surface area contributed by atoms with Gasteiger partial charge < -0.3 is 4.90 Å².